The number of hydrogen-bond acceptors (Lipinski definition) is 2. The quantitative estimate of drug-likeness (QED) is 0.392. The highest BCUT2D eigenvalue weighted by molar-refractivity contribution is 9.09. The molecular weight excluding hydrogens is 196 g/mol. The van der Waals surface area contributed by atoms with Crippen LogP contribution in [0, 0.1) is 0 Å². The van der Waals surface area contributed by atoms with Gasteiger partial charge in [0, 0.05) is 10.4 Å². The van der Waals surface area contributed by atoms with Crippen molar-refractivity contribution in [2.75, 3.05) is 7.11 Å². The molecule has 10 heavy (non-hydrogen) atoms. The van der Waals surface area contributed by atoms with Crippen molar-refractivity contribution in [3.8, 4) is 0 Å². The molecule has 0 bridgehead atoms. The van der Waals surface area contributed by atoms with Gasteiger partial charge in [0.25, 0.3) is 0 Å². The molecule has 0 heterocycles. The second-order valence-corrected chi connectivity index (χ2v) is 3.46. The van der Waals surface area contributed by atoms with E-state index in [-0.39, 0.29) is 10.8 Å². The Balaban J connectivity index is 4.05. The van der Waals surface area contributed by atoms with E-state index >= 15 is 0 Å². The van der Waals surface area contributed by atoms with Crippen LogP contribution < -0.4 is 0 Å². The van der Waals surface area contributed by atoms with Crippen molar-refractivity contribution in [3.05, 3.63) is 11.6 Å². The summed E-state index contributed by atoms with van der Waals surface area (Å²) in [6, 6.07) is 0. The average molecular weight is 207 g/mol. The summed E-state index contributed by atoms with van der Waals surface area (Å²) in [6.07, 6.45) is 1.80. The maximum Gasteiger partial charge on any atom is 0.333 e. The first kappa shape index (κ1) is 9.69. The number of carbonyl (C=O) groups is 1. The van der Waals surface area contributed by atoms with Crippen LogP contribution in [-0.2, 0) is 9.53 Å². The van der Waals surface area contributed by atoms with Crippen molar-refractivity contribution in [1.29, 1.82) is 0 Å². The molecule has 0 aliphatic carbocycles. The number of ether oxygens (including phenoxy) is 1. The molecule has 0 fully saturated rings. The Morgan fingerprint density at radius 2 is 2.20 bits per heavy atom. The van der Waals surface area contributed by atoms with Gasteiger partial charge in [0.05, 0.1) is 7.11 Å². The third-order valence-corrected chi connectivity index (χ3v) is 1.25. The lowest BCUT2D eigenvalue weighted by atomic mass is 10.2. The zero-order valence-corrected chi connectivity index (χ0v) is 7.94. The molecule has 0 aromatic heterocycles. The van der Waals surface area contributed by atoms with Crippen molar-refractivity contribution < 1.29 is 9.53 Å². The van der Waals surface area contributed by atoms with Gasteiger partial charge in [-0.05, 0) is 13.8 Å². The largest absolute Gasteiger partial charge is 0.466 e. The standard InChI is InChI=1S/C7H11BrO2/c1-5(4-6(2)8)7(9)10-3/h4,6H,1-3H3/b5-4+. The summed E-state index contributed by atoms with van der Waals surface area (Å²) in [5.74, 6) is -0.272. The van der Waals surface area contributed by atoms with Gasteiger partial charge in [0.2, 0.25) is 0 Å². The summed E-state index contributed by atoms with van der Waals surface area (Å²) in [5.41, 5.74) is 0.631. The van der Waals surface area contributed by atoms with Gasteiger partial charge in [-0.2, -0.15) is 0 Å². The number of alkyl halides is 1. The van der Waals surface area contributed by atoms with Crippen LogP contribution in [0.1, 0.15) is 13.8 Å². The minimum absolute atomic E-state index is 0.214. The summed E-state index contributed by atoms with van der Waals surface area (Å²) < 4.78 is 4.48. The smallest absolute Gasteiger partial charge is 0.333 e. The predicted octanol–water partition coefficient (Wildman–Crippen LogP) is 1.89. The lowest BCUT2D eigenvalue weighted by Crippen LogP contribution is -2.02. The zero-order valence-electron chi connectivity index (χ0n) is 6.35. The first-order valence-corrected chi connectivity index (χ1v) is 3.90. The molecule has 0 radical (unpaired) electrons. The van der Waals surface area contributed by atoms with Gasteiger partial charge in [-0.25, -0.2) is 4.79 Å². The number of rotatable bonds is 2. The van der Waals surface area contributed by atoms with E-state index in [1.54, 1.807) is 13.0 Å². The number of allylic oxidation sites excluding steroid dienone is 1. The maximum atomic E-state index is 10.7. The summed E-state index contributed by atoms with van der Waals surface area (Å²) in [7, 11) is 1.37. The topological polar surface area (TPSA) is 26.3 Å². The molecule has 3 heteroatoms. The molecule has 0 spiro atoms. The highest BCUT2D eigenvalue weighted by atomic mass is 79.9. The first-order valence-electron chi connectivity index (χ1n) is 2.98. The van der Waals surface area contributed by atoms with Gasteiger partial charge in [0.15, 0.2) is 0 Å². The van der Waals surface area contributed by atoms with Crippen LogP contribution >= 0.6 is 15.9 Å². The molecule has 0 aliphatic rings. The van der Waals surface area contributed by atoms with E-state index in [0.29, 0.717) is 5.57 Å². The van der Waals surface area contributed by atoms with Gasteiger partial charge >= 0.3 is 5.97 Å². The molecule has 58 valence electrons. The number of hydrogen-bond donors (Lipinski definition) is 0. The SMILES string of the molecule is COC(=O)/C(C)=C/C(C)Br. The predicted molar refractivity (Wildman–Crippen MR) is 44.2 cm³/mol. The second kappa shape index (κ2) is 4.50. The lowest BCUT2D eigenvalue weighted by molar-refractivity contribution is -0.136. The third kappa shape index (κ3) is 3.67. The molecule has 0 saturated carbocycles. The molecular formula is C7H11BrO2. The Bertz CT molecular complexity index is 150. The highest BCUT2D eigenvalue weighted by Gasteiger charge is 2.02. The number of carbonyl (C=O) groups excluding carboxylic acids is 1. The lowest BCUT2D eigenvalue weighted by Gasteiger charge is -1.98. The van der Waals surface area contributed by atoms with Crippen molar-refractivity contribution >= 4 is 21.9 Å². The molecule has 1 atom stereocenters. The van der Waals surface area contributed by atoms with E-state index in [4.69, 9.17) is 0 Å². The van der Waals surface area contributed by atoms with Gasteiger partial charge in [0.1, 0.15) is 0 Å². The summed E-state index contributed by atoms with van der Waals surface area (Å²) in [4.78, 5) is 11.0. The molecule has 0 aromatic carbocycles. The second-order valence-electron chi connectivity index (χ2n) is 2.02. The van der Waals surface area contributed by atoms with E-state index < -0.39 is 0 Å². The Morgan fingerprint density at radius 3 is 2.50 bits per heavy atom. The van der Waals surface area contributed by atoms with Crippen LogP contribution in [0.3, 0.4) is 0 Å². The molecule has 0 saturated heterocycles. The Kier molecular flexibility index (Phi) is 4.36. The molecule has 0 aromatic rings. The monoisotopic (exact) mass is 206 g/mol. The molecule has 0 amide bonds. The normalized spacial score (nSPS) is 14.6. The van der Waals surface area contributed by atoms with E-state index in [1.165, 1.54) is 7.11 Å². The molecule has 0 N–H and O–H groups in total. The minimum Gasteiger partial charge on any atom is -0.466 e. The van der Waals surface area contributed by atoms with Crippen molar-refractivity contribution in [3.63, 3.8) is 0 Å². The van der Waals surface area contributed by atoms with E-state index in [1.807, 2.05) is 6.92 Å². The van der Waals surface area contributed by atoms with Gasteiger partial charge in [-0.1, -0.05) is 22.0 Å². The Morgan fingerprint density at radius 1 is 1.70 bits per heavy atom. The van der Waals surface area contributed by atoms with Crippen molar-refractivity contribution in [2.24, 2.45) is 0 Å². The Labute approximate surface area is 69.4 Å². The van der Waals surface area contributed by atoms with Crippen LogP contribution in [-0.4, -0.2) is 17.9 Å². The fraction of sp³-hybridized carbons (Fsp3) is 0.571. The molecule has 0 aliphatic heterocycles. The number of esters is 1. The van der Waals surface area contributed by atoms with Crippen LogP contribution in [0.25, 0.3) is 0 Å². The summed E-state index contributed by atoms with van der Waals surface area (Å²) >= 11 is 3.29. The number of methoxy groups -OCH3 is 1. The van der Waals surface area contributed by atoms with Gasteiger partial charge < -0.3 is 4.74 Å². The number of halogens is 1. The van der Waals surface area contributed by atoms with Crippen LogP contribution in [0.5, 0.6) is 0 Å². The highest BCUT2D eigenvalue weighted by Crippen LogP contribution is 2.04. The van der Waals surface area contributed by atoms with Crippen molar-refractivity contribution in [1.82, 2.24) is 0 Å². The zero-order chi connectivity index (χ0) is 8.15. The molecule has 1 unspecified atom stereocenters. The van der Waals surface area contributed by atoms with Gasteiger partial charge in [-0.15, -0.1) is 0 Å². The van der Waals surface area contributed by atoms with Crippen LogP contribution in [0.4, 0.5) is 0 Å². The van der Waals surface area contributed by atoms with Crippen LogP contribution in [0.15, 0.2) is 11.6 Å². The van der Waals surface area contributed by atoms with Crippen molar-refractivity contribution in [2.45, 2.75) is 18.7 Å². The summed E-state index contributed by atoms with van der Waals surface area (Å²) in [5, 5.41) is 0. The Hall–Kier alpha value is -0.310. The molecule has 2 nitrogen and oxygen atoms in total. The van der Waals surface area contributed by atoms with E-state index in [0.717, 1.165) is 0 Å². The van der Waals surface area contributed by atoms with Gasteiger partial charge in [-0.3, -0.25) is 0 Å². The summed E-state index contributed by atoms with van der Waals surface area (Å²) in [6.45, 7) is 3.66. The minimum atomic E-state index is -0.272. The van der Waals surface area contributed by atoms with Crippen LogP contribution in [0.2, 0.25) is 0 Å². The average Bonchev–Trinajstić information content (AvgIpc) is 1.85. The maximum absolute atomic E-state index is 10.7. The fourth-order valence-electron chi connectivity index (χ4n) is 0.574. The van der Waals surface area contributed by atoms with E-state index in [9.17, 15) is 4.79 Å². The van der Waals surface area contributed by atoms with E-state index in [2.05, 4.69) is 20.7 Å². The molecule has 0 rings (SSSR count). The third-order valence-electron chi connectivity index (χ3n) is 0.987. The first-order chi connectivity index (χ1) is 4.57. The fourth-order valence-corrected chi connectivity index (χ4v) is 0.970.